The molecule has 1 atom stereocenters. The van der Waals surface area contributed by atoms with Crippen molar-refractivity contribution in [3.8, 4) is 17.2 Å². The van der Waals surface area contributed by atoms with Gasteiger partial charge in [0.05, 0.1) is 14.2 Å². The number of nitrogens with two attached hydrogens (primary N) is 2. The molecule has 0 radical (unpaired) electrons. The Balaban J connectivity index is 2.23. The van der Waals surface area contributed by atoms with Crippen LogP contribution in [0.4, 0.5) is 0 Å². The van der Waals surface area contributed by atoms with Crippen LogP contribution in [-0.2, 0) is 6.61 Å². The predicted octanol–water partition coefficient (Wildman–Crippen LogP) is 3.41. The fraction of sp³-hybridized carbons (Fsp3) is 0.400. The first-order valence-electron chi connectivity index (χ1n) is 8.57. The van der Waals surface area contributed by atoms with Crippen LogP contribution in [0.25, 0.3) is 0 Å². The Labute approximate surface area is 149 Å². The average molecular weight is 344 g/mol. The Morgan fingerprint density at radius 3 is 2.24 bits per heavy atom. The maximum Gasteiger partial charge on any atom is 0.164 e. The lowest BCUT2D eigenvalue weighted by Crippen LogP contribution is -2.13. The lowest BCUT2D eigenvalue weighted by atomic mass is 10.00. The zero-order chi connectivity index (χ0) is 18.1. The van der Waals surface area contributed by atoms with Gasteiger partial charge in [-0.25, -0.2) is 0 Å². The third kappa shape index (κ3) is 5.37. The summed E-state index contributed by atoms with van der Waals surface area (Å²) < 4.78 is 16.9. The van der Waals surface area contributed by atoms with Gasteiger partial charge in [-0.2, -0.15) is 0 Å². The van der Waals surface area contributed by atoms with E-state index < -0.39 is 0 Å². The molecule has 2 rings (SSSR count). The fourth-order valence-electron chi connectivity index (χ4n) is 2.69. The first-order chi connectivity index (χ1) is 12.2. The molecule has 25 heavy (non-hydrogen) atoms. The molecule has 0 aliphatic carbocycles. The predicted molar refractivity (Wildman–Crippen MR) is 100 cm³/mol. The summed E-state index contributed by atoms with van der Waals surface area (Å²) in [6.45, 7) is 1.15. The smallest absolute Gasteiger partial charge is 0.164 e. The Bertz CT molecular complexity index is 647. The number of hydrogen-bond acceptors (Lipinski definition) is 5. The number of rotatable bonds is 10. The van der Waals surface area contributed by atoms with Crippen molar-refractivity contribution in [2.45, 2.75) is 31.9 Å². The van der Waals surface area contributed by atoms with Crippen molar-refractivity contribution in [2.75, 3.05) is 20.8 Å². The van der Waals surface area contributed by atoms with Gasteiger partial charge in [0.2, 0.25) is 0 Å². The SMILES string of the molecule is COc1cc(OCc2ccccc2)c([C@@H](N)CCCCN)cc1OC. The van der Waals surface area contributed by atoms with E-state index in [1.807, 2.05) is 42.5 Å². The first-order valence-corrected chi connectivity index (χ1v) is 8.57. The quantitative estimate of drug-likeness (QED) is 0.646. The molecule has 4 N–H and O–H groups in total. The van der Waals surface area contributed by atoms with Gasteiger partial charge in [0.1, 0.15) is 12.4 Å². The van der Waals surface area contributed by atoms with Crippen LogP contribution >= 0.6 is 0 Å². The molecule has 0 aliphatic heterocycles. The van der Waals surface area contributed by atoms with Gasteiger partial charge >= 0.3 is 0 Å². The lowest BCUT2D eigenvalue weighted by Gasteiger charge is -2.20. The fourth-order valence-corrected chi connectivity index (χ4v) is 2.69. The minimum Gasteiger partial charge on any atom is -0.493 e. The highest BCUT2D eigenvalue weighted by atomic mass is 16.5. The topological polar surface area (TPSA) is 79.7 Å². The largest absolute Gasteiger partial charge is 0.493 e. The second kappa shape index (κ2) is 9.91. The van der Waals surface area contributed by atoms with Crippen molar-refractivity contribution < 1.29 is 14.2 Å². The van der Waals surface area contributed by atoms with E-state index in [1.165, 1.54) is 0 Å². The maximum atomic E-state index is 6.40. The van der Waals surface area contributed by atoms with Crippen LogP contribution in [0.2, 0.25) is 0 Å². The molecule has 136 valence electrons. The summed E-state index contributed by atoms with van der Waals surface area (Å²) in [5, 5.41) is 0. The van der Waals surface area contributed by atoms with Gasteiger partial charge in [0.25, 0.3) is 0 Å². The van der Waals surface area contributed by atoms with Crippen molar-refractivity contribution in [1.82, 2.24) is 0 Å². The average Bonchev–Trinajstić information content (AvgIpc) is 2.66. The molecule has 0 aliphatic rings. The molecule has 0 amide bonds. The van der Waals surface area contributed by atoms with Gasteiger partial charge in [-0.3, -0.25) is 0 Å². The second-order valence-electron chi connectivity index (χ2n) is 5.91. The second-order valence-corrected chi connectivity index (χ2v) is 5.91. The summed E-state index contributed by atoms with van der Waals surface area (Å²) in [7, 11) is 3.23. The summed E-state index contributed by atoms with van der Waals surface area (Å²) in [6, 6.07) is 13.6. The lowest BCUT2D eigenvalue weighted by molar-refractivity contribution is 0.294. The highest BCUT2D eigenvalue weighted by molar-refractivity contribution is 5.51. The van der Waals surface area contributed by atoms with Gasteiger partial charge in [-0.1, -0.05) is 36.8 Å². The highest BCUT2D eigenvalue weighted by Crippen LogP contribution is 2.38. The van der Waals surface area contributed by atoms with E-state index in [0.717, 1.165) is 36.1 Å². The first kappa shape index (κ1) is 19.1. The van der Waals surface area contributed by atoms with Crippen LogP contribution in [0.5, 0.6) is 17.2 Å². The number of unbranched alkanes of at least 4 members (excludes halogenated alkanes) is 1. The summed E-state index contributed by atoms with van der Waals surface area (Å²) in [5.74, 6) is 2.00. The zero-order valence-corrected chi connectivity index (χ0v) is 15.0. The number of benzene rings is 2. The summed E-state index contributed by atoms with van der Waals surface area (Å²) >= 11 is 0. The summed E-state index contributed by atoms with van der Waals surface area (Å²) in [5.41, 5.74) is 14.0. The highest BCUT2D eigenvalue weighted by Gasteiger charge is 2.17. The number of methoxy groups -OCH3 is 2. The Kier molecular flexibility index (Phi) is 7.57. The standard InChI is InChI=1S/C20H28N2O3/c1-23-19-12-16(17(22)10-6-7-11-21)18(13-20(19)24-2)25-14-15-8-4-3-5-9-15/h3-5,8-9,12-13,17H,6-7,10-11,14,21-22H2,1-2H3/t17-/m0/s1. The van der Waals surface area contributed by atoms with Gasteiger partial charge in [0, 0.05) is 17.7 Å². The minimum absolute atomic E-state index is 0.142. The third-order valence-electron chi connectivity index (χ3n) is 4.12. The van der Waals surface area contributed by atoms with Crippen molar-refractivity contribution >= 4 is 0 Å². The Morgan fingerprint density at radius 2 is 1.60 bits per heavy atom. The molecule has 2 aromatic carbocycles. The molecule has 0 heterocycles. The van der Waals surface area contributed by atoms with Crippen LogP contribution in [0.15, 0.2) is 42.5 Å². The Hall–Kier alpha value is -2.24. The van der Waals surface area contributed by atoms with E-state index in [2.05, 4.69) is 0 Å². The molecule has 0 spiro atoms. The van der Waals surface area contributed by atoms with Crippen LogP contribution < -0.4 is 25.7 Å². The van der Waals surface area contributed by atoms with Crippen LogP contribution in [0.1, 0.15) is 36.4 Å². The number of ether oxygens (including phenoxy) is 3. The van der Waals surface area contributed by atoms with Crippen LogP contribution in [0.3, 0.4) is 0 Å². The zero-order valence-electron chi connectivity index (χ0n) is 15.0. The molecule has 0 aromatic heterocycles. The van der Waals surface area contributed by atoms with Crippen LogP contribution in [-0.4, -0.2) is 20.8 Å². The molecule has 0 saturated heterocycles. The van der Waals surface area contributed by atoms with E-state index in [9.17, 15) is 0 Å². The molecule has 0 bridgehead atoms. The van der Waals surface area contributed by atoms with Gasteiger partial charge < -0.3 is 25.7 Å². The van der Waals surface area contributed by atoms with Crippen molar-refractivity contribution in [1.29, 1.82) is 0 Å². The normalized spacial score (nSPS) is 11.8. The molecule has 0 fully saturated rings. The van der Waals surface area contributed by atoms with E-state index in [4.69, 9.17) is 25.7 Å². The Morgan fingerprint density at radius 1 is 0.920 bits per heavy atom. The van der Waals surface area contributed by atoms with Crippen LogP contribution in [0, 0.1) is 0 Å². The maximum absolute atomic E-state index is 6.40. The summed E-state index contributed by atoms with van der Waals surface area (Å²) in [4.78, 5) is 0. The van der Waals surface area contributed by atoms with Crippen molar-refractivity contribution in [3.05, 3.63) is 53.6 Å². The monoisotopic (exact) mass is 344 g/mol. The summed E-state index contributed by atoms with van der Waals surface area (Å²) in [6.07, 6.45) is 2.78. The molecular weight excluding hydrogens is 316 g/mol. The minimum atomic E-state index is -0.142. The molecule has 5 nitrogen and oxygen atoms in total. The third-order valence-corrected chi connectivity index (χ3v) is 4.12. The van der Waals surface area contributed by atoms with Gasteiger partial charge in [-0.05, 0) is 31.0 Å². The van der Waals surface area contributed by atoms with Gasteiger partial charge in [0.15, 0.2) is 11.5 Å². The molecule has 5 heteroatoms. The van der Waals surface area contributed by atoms with E-state index >= 15 is 0 Å². The van der Waals surface area contributed by atoms with Gasteiger partial charge in [-0.15, -0.1) is 0 Å². The number of hydrogen-bond donors (Lipinski definition) is 2. The van der Waals surface area contributed by atoms with Crippen molar-refractivity contribution in [2.24, 2.45) is 11.5 Å². The molecule has 0 saturated carbocycles. The van der Waals surface area contributed by atoms with E-state index in [1.54, 1.807) is 14.2 Å². The molecule has 2 aromatic rings. The molecule has 0 unspecified atom stereocenters. The van der Waals surface area contributed by atoms with E-state index in [0.29, 0.717) is 24.7 Å². The molecular formula is C20H28N2O3. The van der Waals surface area contributed by atoms with Crippen molar-refractivity contribution in [3.63, 3.8) is 0 Å². The van der Waals surface area contributed by atoms with E-state index in [-0.39, 0.29) is 6.04 Å².